The average Bonchev–Trinajstić information content (AvgIpc) is 2.38. The molecule has 2 aromatic carbocycles. The maximum absolute atomic E-state index is 10.6. The van der Waals surface area contributed by atoms with Gasteiger partial charge in [-0.15, -0.1) is 0 Å². The van der Waals surface area contributed by atoms with Gasteiger partial charge in [-0.25, -0.2) is 0 Å². The highest BCUT2D eigenvalue weighted by Gasteiger charge is 2.16. The molecule has 0 saturated heterocycles. The number of benzene rings is 2. The molecule has 0 aromatic heterocycles. The molecule has 0 saturated carbocycles. The van der Waals surface area contributed by atoms with Crippen LogP contribution in [0.1, 0.15) is 28.4 Å². The monoisotopic (exact) mass is 320 g/mol. The van der Waals surface area contributed by atoms with E-state index in [0.29, 0.717) is 0 Å². The van der Waals surface area contributed by atoms with Gasteiger partial charge in [0.1, 0.15) is 11.9 Å². The van der Waals surface area contributed by atoms with Gasteiger partial charge in [-0.3, -0.25) is 0 Å². The summed E-state index contributed by atoms with van der Waals surface area (Å²) >= 11 is 3.48. The van der Waals surface area contributed by atoms with Crippen molar-refractivity contribution in [1.82, 2.24) is 0 Å². The lowest BCUT2D eigenvalue weighted by Crippen LogP contribution is -2.03. The smallest absolute Gasteiger partial charge is 0.119 e. The lowest BCUT2D eigenvalue weighted by Gasteiger charge is -2.17. The fraction of sp³-hybridized carbons (Fsp3) is 0.250. The van der Waals surface area contributed by atoms with Crippen LogP contribution in [0, 0.1) is 13.8 Å². The normalized spacial score (nSPS) is 12.3. The van der Waals surface area contributed by atoms with Crippen LogP contribution in [0.25, 0.3) is 0 Å². The quantitative estimate of drug-likeness (QED) is 0.920. The standard InChI is InChI=1S/C16H17BrO2/c1-10-4-6-13(11(2)8-10)16(18)14-9-12(19-3)5-7-15(14)17/h4-9,16,18H,1-3H3. The highest BCUT2D eigenvalue weighted by Crippen LogP contribution is 2.33. The van der Waals surface area contributed by atoms with Crippen LogP contribution in [0.15, 0.2) is 40.9 Å². The van der Waals surface area contributed by atoms with Gasteiger partial charge in [0, 0.05) is 10.0 Å². The van der Waals surface area contributed by atoms with E-state index in [9.17, 15) is 5.11 Å². The van der Waals surface area contributed by atoms with Crippen molar-refractivity contribution in [2.45, 2.75) is 20.0 Å². The Morgan fingerprint density at radius 1 is 1.05 bits per heavy atom. The summed E-state index contributed by atoms with van der Waals surface area (Å²) in [5.41, 5.74) is 4.01. The predicted molar refractivity (Wildman–Crippen MR) is 80.7 cm³/mol. The molecule has 1 unspecified atom stereocenters. The topological polar surface area (TPSA) is 29.5 Å². The van der Waals surface area contributed by atoms with Gasteiger partial charge in [-0.05, 0) is 43.2 Å². The van der Waals surface area contributed by atoms with Crippen LogP contribution in [-0.2, 0) is 0 Å². The fourth-order valence-electron chi connectivity index (χ4n) is 2.16. The van der Waals surface area contributed by atoms with E-state index in [-0.39, 0.29) is 0 Å². The summed E-state index contributed by atoms with van der Waals surface area (Å²) in [5, 5.41) is 10.6. The van der Waals surface area contributed by atoms with Crippen LogP contribution in [-0.4, -0.2) is 12.2 Å². The predicted octanol–water partition coefficient (Wildman–Crippen LogP) is 4.16. The fourth-order valence-corrected chi connectivity index (χ4v) is 2.62. The second-order valence-electron chi connectivity index (χ2n) is 4.65. The van der Waals surface area contributed by atoms with Gasteiger partial charge < -0.3 is 9.84 Å². The molecule has 19 heavy (non-hydrogen) atoms. The Balaban J connectivity index is 2.46. The zero-order valence-electron chi connectivity index (χ0n) is 11.3. The van der Waals surface area contributed by atoms with E-state index >= 15 is 0 Å². The van der Waals surface area contributed by atoms with Gasteiger partial charge >= 0.3 is 0 Å². The van der Waals surface area contributed by atoms with E-state index in [0.717, 1.165) is 26.9 Å². The molecule has 0 heterocycles. The average molecular weight is 321 g/mol. The van der Waals surface area contributed by atoms with Crippen LogP contribution < -0.4 is 4.74 Å². The Morgan fingerprint density at radius 3 is 2.42 bits per heavy atom. The largest absolute Gasteiger partial charge is 0.497 e. The first-order valence-corrected chi connectivity index (χ1v) is 6.91. The Kier molecular flexibility index (Phi) is 4.27. The minimum atomic E-state index is -0.662. The Bertz CT molecular complexity index is 593. The number of aliphatic hydroxyl groups is 1. The summed E-state index contributed by atoms with van der Waals surface area (Å²) in [7, 11) is 1.62. The molecule has 0 spiro atoms. The number of ether oxygens (including phenoxy) is 1. The van der Waals surface area contributed by atoms with Crippen molar-refractivity contribution in [3.05, 3.63) is 63.1 Å². The maximum Gasteiger partial charge on any atom is 0.119 e. The van der Waals surface area contributed by atoms with E-state index in [1.165, 1.54) is 5.56 Å². The van der Waals surface area contributed by atoms with Crippen molar-refractivity contribution in [2.24, 2.45) is 0 Å². The lowest BCUT2D eigenvalue weighted by molar-refractivity contribution is 0.218. The third-order valence-electron chi connectivity index (χ3n) is 3.22. The SMILES string of the molecule is COc1ccc(Br)c(C(O)c2ccc(C)cc2C)c1. The maximum atomic E-state index is 10.6. The molecule has 0 aliphatic heterocycles. The second kappa shape index (κ2) is 5.76. The molecular formula is C16H17BrO2. The summed E-state index contributed by atoms with van der Waals surface area (Å²) in [6.45, 7) is 4.06. The van der Waals surface area contributed by atoms with Crippen molar-refractivity contribution < 1.29 is 9.84 Å². The van der Waals surface area contributed by atoms with Crippen molar-refractivity contribution in [2.75, 3.05) is 7.11 Å². The molecule has 100 valence electrons. The van der Waals surface area contributed by atoms with Crippen LogP contribution >= 0.6 is 15.9 Å². The minimum absolute atomic E-state index is 0.662. The Hall–Kier alpha value is -1.32. The third kappa shape index (κ3) is 2.99. The molecule has 2 nitrogen and oxygen atoms in total. The number of hydrogen-bond donors (Lipinski definition) is 1. The molecule has 0 bridgehead atoms. The van der Waals surface area contributed by atoms with Gasteiger partial charge in [-0.2, -0.15) is 0 Å². The van der Waals surface area contributed by atoms with Crippen molar-refractivity contribution in [3.8, 4) is 5.75 Å². The molecule has 0 aliphatic carbocycles. The van der Waals surface area contributed by atoms with Crippen LogP contribution in [0.4, 0.5) is 0 Å². The molecule has 2 rings (SSSR count). The molecule has 1 atom stereocenters. The van der Waals surface area contributed by atoms with Gasteiger partial charge in [0.15, 0.2) is 0 Å². The van der Waals surface area contributed by atoms with Crippen LogP contribution in [0.2, 0.25) is 0 Å². The summed E-state index contributed by atoms with van der Waals surface area (Å²) < 4.78 is 6.09. The highest BCUT2D eigenvalue weighted by molar-refractivity contribution is 9.10. The van der Waals surface area contributed by atoms with E-state index in [4.69, 9.17) is 4.74 Å². The molecule has 0 amide bonds. The van der Waals surface area contributed by atoms with Crippen molar-refractivity contribution in [1.29, 1.82) is 0 Å². The summed E-state index contributed by atoms with van der Waals surface area (Å²) in [6.07, 6.45) is -0.662. The second-order valence-corrected chi connectivity index (χ2v) is 5.50. The van der Waals surface area contributed by atoms with Gasteiger partial charge in [0.05, 0.1) is 7.11 Å². The molecule has 0 fully saturated rings. The molecule has 0 aliphatic rings. The highest BCUT2D eigenvalue weighted by atomic mass is 79.9. The number of aryl methyl sites for hydroxylation is 2. The lowest BCUT2D eigenvalue weighted by atomic mass is 9.96. The van der Waals surface area contributed by atoms with Crippen LogP contribution in [0.5, 0.6) is 5.75 Å². The van der Waals surface area contributed by atoms with E-state index in [1.54, 1.807) is 7.11 Å². The first-order valence-electron chi connectivity index (χ1n) is 6.11. The summed E-state index contributed by atoms with van der Waals surface area (Å²) in [6, 6.07) is 11.7. The Morgan fingerprint density at radius 2 is 1.79 bits per heavy atom. The van der Waals surface area contributed by atoms with Gasteiger partial charge in [0.25, 0.3) is 0 Å². The van der Waals surface area contributed by atoms with Crippen LogP contribution in [0.3, 0.4) is 0 Å². The Labute approximate surface area is 122 Å². The molecule has 1 N–H and O–H groups in total. The molecule has 0 radical (unpaired) electrons. The number of rotatable bonds is 3. The number of methoxy groups -OCH3 is 1. The number of aliphatic hydroxyl groups excluding tert-OH is 1. The van der Waals surface area contributed by atoms with Crippen molar-refractivity contribution >= 4 is 15.9 Å². The zero-order valence-corrected chi connectivity index (χ0v) is 12.9. The van der Waals surface area contributed by atoms with Crippen molar-refractivity contribution in [3.63, 3.8) is 0 Å². The molecule has 2 aromatic rings. The van der Waals surface area contributed by atoms with Gasteiger partial charge in [-0.1, -0.05) is 39.7 Å². The first-order chi connectivity index (χ1) is 9.02. The number of hydrogen-bond acceptors (Lipinski definition) is 2. The molecule has 3 heteroatoms. The van der Waals surface area contributed by atoms with E-state index < -0.39 is 6.10 Å². The third-order valence-corrected chi connectivity index (χ3v) is 3.94. The minimum Gasteiger partial charge on any atom is -0.497 e. The van der Waals surface area contributed by atoms with E-state index in [2.05, 4.69) is 22.0 Å². The zero-order chi connectivity index (χ0) is 14.0. The number of halogens is 1. The summed E-state index contributed by atoms with van der Waals surface area (Å²) in [4.78, 5) is 0. The first kappa shape index (κ1) is 14.1. The van der Waals surface area contributed by atoms with E-state index in [1.807, 2.05) is 44.2 Å². The van der Waals surface area contributed by atoms with Gasteiger partial charge in [0.2, 0.25) is 0 Å². The molecular weight excluding hydrogens is 304 g/mol. The summed E-state index contributed by atoms with van der Waals surface area (Å²) in [5.74, 6) is 0.738.